The van der Waals surface area contributed by atoms with E-state index < -0.39 is 10.2 Å². The highest BCUT2D eigenvalue weighted by molar-refractivity contribution is 7.87. The molecule has 0 aromatic carbocycles. The number of aromatic nitrogens is 3. The summed E-state index contributed by atoms with van der Waals surface area (Å²) in [6, 6.07) is 1.91. The molecular weight excluding hydrogens is 318 g/mol. The quantitative estimate of drug-likeness (QED) is 0.839. The van der Waals surface area contributed by atoms with Crippen LogP contribution in [-0.2, 0) is 28.5 Å². The summed E-state index contributed by atoms with van der Waals surface area (Å²) in [5.74, 6) is 0. The Balaban J connectivity index is 1.68. The van der Waals surface area contributed by atoms with Crippen molar-refractivity contribution in [2.75, 3.05) is 26.3 Å². The minimum Gasteiger partial charge on any atom is -0.379 e. The lowest BCUT2D eigenvalue weighted by atomic mass is 10.1. The molecule has 3 heterocycles. The predicted molar refractivity (Wildman–Crippen MR) is 84.6 cm³/mol. The summed E-state index contributed by atoms with van der Waals surface area (Å²) < 4.78 is 35.4. The van der Waals surface area contributed by atoms with Crippen molar-refractivity contribution < 1.29 is 13.2 Å². The second kappa shape index (κ2) is 6.75. The first kappa shape index (κ1) is 16.1. The maximum absolute atomic E-state index is 12.2. The Morgan fingerprint density at radius 2 is 2.00 bits per heavy atom. The largest absolute Gasteiger partial charge is 0.379 e. The van der Waals surface area contributed by atoms with Gasteiger partial charge < -0.3 is 4.74 Å². The van der Waals surface area contributed by atoms with Gasteiger partial charge in [-0.25, -0.2) is 0 Å². The van der Waals surface area contributed by atoms with E-state index in [1.54, 1.807) is 23.3 Å². The highest BCUT2D eigenvalue weighted by Gasteiger charge is 2.23. The molecular formula is C14H19N5O3S. The van der Waals surface area contributed by atoms with Crippen LogP contribution in [0.1, 0.15) is 5.56 Å². The second-order valence-electron chi connectivity index (χ2n) is 5.32. The maximum Gasteiger partial charge on any atom is 0.279 e. The molecule has 2 aromatic rings. The fourth-order valence-electron chi connectivity index (χ4n) is 2.37. The first-order valence-electron chi connectivity index (χ1n) is 7.30. The van der Waals surface area contributed by atoms with Gasteiger partial charge in [0.15, 0.2) is 0 Å². The maximum atomic E-state index is 12.2. The van der Waals surface area contributed by atoms with Gasteiger partial charge in [0.2, 0.25) is 0 Å². The third-order valence-corrected chi connectivity index (χ3v) is 5.16. The van der Waals surface area contributed by atoms with Crippen molar-refractivity contribution in [3.63, 3.8) is 0 Å². The highest BCUT2D eigenvalue weighted by Crippen LogP contribution is 2.18. The van der Waals surface area contributed by atoms with Gasteiger partial charge in [-0.1, -0.05) is 0 Å². The highest BCUT2D eigenvalue weighted by atomic mass is 32.2. The normalized spacial score (nSPS) is 16.6. The van der Waals surface area contributed by atoms with Gasteiger partial charge in [0.25, 0.3) is 10.2 Å². The molecule has 8 nitrogen and oxygen atoms in total. The summed E-state index contributed by atoms with van der Waals surface area (Å²) in [5, 5.41) is 4.13. The van der Waals surface area contributed by atoms with Crippen molar-refractivity contribution in [1.29, 1.82) is 0 Å². The van der Waals surface area contributed by atoms with Crippen LogP contribution in [0.5, 0.6) is 0 Å². The predicted octanol–water partition coefficient (Wildman–Crippen LogP) is 0.149. The number of rotatable bonds is 5. The lowest BCUT2D eigenvalue weighted by molar-refractivity contribution is 0.0725. The summed E-state index contributed by atoms with van der Waals surface area (Å²) in [7, 11) is -1.65. The van der Waals surface area contributed by atoms with Crippen LogP contribution >= 0.6 is 0 Å². The van der Waals surface area contributed by atoms with Gasteiger partial charge in [-0.15, -0.1) is 0 Å². The molecule has 23 heavy (non-hydrogen) atoms. The fourth-order valence-corrected chi connectivity index (χ4v) is 3.53. The second-order valence-corrected chi connectivity index (χ2v) is 7.08. The standard InChI is InChI=1S/C14H19N5O3S/c1-18-11-14(10-16-18)13-6-12(7-15-9-13)8-17-23(20,21)19-2-4-22-5-3-19/h6-7,9-11,17H,2-5,8H2,1H3. The Morgan fingerprint density at radius 1 is 1.22 bits per heavy atom. The van der Waals surface area contributed by atoms with Crippen LogP contribution in [0.25, 0.3) is 11.1 Å². The van der Waals surface area contributed by atoms with Crippen molar-refractivity contribution in [1.82, 2.24) is 23.8 Å². The number of hydrogen-bond donors (Lipinski definition) is 1. The minimum atomic E-state index is -3.50. The first-order chi connectivity index (χ1) is 11.0. The lowest BCUT2D eigenvalue weighted by Gasteiger charge is -2.26. The number of ether oxygens (including phenoxy) is 1. The van der Waals surface area contributed by atoms with Crippen molar-refractivity contribution >= 4 is 10.2 Å². The van der Waals surface area contributed by atoms with Gasteiger partial charge in [-0.05, 0) is 11.6 Å². The number of nitrogens with one attached hydrogen (secondary N) is 1. The number of hydrogen-bond acceptors (Lipinski definition) is 5. The summed E-state index contributed by atoms with van der Waals surface area (Å²) >= 11 is 0. The molecule has 2 aromatic heterocycles. The molecule has 3 rings (SSSR count). The van der Waals surface area contributed by atoms with Crippen LogP contribution in [0.15, 0.2) is 30.9 Å². The van der Waals surface area contributed by atoms with Gasteiger partial charge in [-0.2, -0.15) is 22.5 Å². The van der Waals surface area contributed by atoms with E-state index >= 15 is 0 Å². The van der Waals surface area contributed by atoms with Crippen LogP contribution in [-0.4, -0.2) is 53.8 Å². The summed E-state index contributed by atoms with van der Waals surface area (Å²) in [4.78, 5) is 4.18. The molecule has 1 saturated heterocycles. The average molecular weight is 337 g/mol. The van der Waals surface area contributed by atoms with Gasteiger partial charge in [-0.3, -0.25) is 9.67 Å². The van der Waals surface area contributed by atoms with Crippen LogP contribution < -0.4 is 4.72 Å². The molecule has 1 fully saturated rings. The zero-order valence-corrected chi connectivity index (χ0v) is 13.7. The monoisotopic (exact) mass is 337 g/mol. The summed E-state index contributed by atoms with van der Waals surface area (Å²) in [5.41, 5.74) is 2.64. The van der Waals surface area contributed by atoms with Gasteiger partial charge in [0.1, 0.15) is 0 Å². The molecule has 0 amide bonds. The van der Waals surface area contributed by atoms with Crippen LogP contribution in [0.4, 0.5) is 0 Å². The fraction of sp³-hybridized carbons (Fsp3) is 0.429. The first-order valence-corrected chi connectivity index (χ1v) is 8.74. The molecule has 0 bridgehead atoms. The SMILES string of the molecule is Cn1cc(-c2cncc(CNS(=O)(=O)N3CCOCC3)c2)cn1. The van der Waals surface area contributed by atoms with E-state index in [0.717, 1.165) is 16.7 Å². The van der Waals surface area contributed by atoms with Gasteiger partial charge in [0.05, 0.1) is 19.4 Å². The van der Waals surface area contributed by atoms with E-state index in [0.29, 0.717) is 26.3 Å². The van der Waals surface area contributed by atoms with Crippen molar-refractivity contribution in [2.45, 2.75) is 6.54 Å². The number of aryl methyl sites for hydroxylation is 1. The molecule has 0 saturated carbocycles. The Hall–Kier alpha value is -1.81. The number of pyridine rings is 1. The number of morpholine rings is 1. The Morgan fingerprint density at radius 3 is 2.70 bits per heavy atom. The van der Waals surface area contributed by atoms with Crippen LogP contribution in [0.2, 0.25) is 0 Å². The van der Waals surface area contributed by atoms with Crippen LogP contribution in [0.3, 0.4) is 0 Å². The molecule has 0 unspecified atom stereocenters. The van der Waals surface area contributed by atoms with E-state index in [9.17, 15) is 8.42 Å². The molecule has 0 radical (unpaired) electrons. The molecule has 0 aliphatic carbocycles. The third-order valence-electron chi connectivity index (χ3n) is 3.60. The third kappa shape index (κ3) is 3.94. The Labute approximate surface area is 135 Å². The van der Waals surface area contributed by atoms with E-state index in [1.165, 1.54) is 4.31 Å². The Kier molecular flexibility index (Phi) is 4.71. The Bertz CT molecular complexity index is 768. The minimum absolute atomic E-state index is 0.195. The molecule has 1 aliphatic rings. The van der Waals surface area contributed by atoms with Crippen LogP contribution in [0, 0.1) is 0 Å². The number of nitrogens with zero attached hydrogens (tertiary/aromatic N) is 4. The summed E-state index contributed by atoms with van der Waals surface area (Å²) in [6.07, 6.45) is 7.02. The van der Waals surface area contributed by atoms with E-state index in [4.69, 9.17) is 4.74 Å². The summed E-state index contributed by atoms with van der Waals surface area (Å²) in [6.45, 7) is 1.81. The zero-order chi connectivity index (χ0) is 16.3. The molecule has 1 aliphatic heterocycles. The van der Waals surface area contributed by atoms with E-state index in [2.05, 4.69) is 14.8 Å². The van der Waals surface area contributed by atoms with Crippen molar-refractivity contribution in [3.8, 4) is 11.1 Å². The van der Waals surface area contributed by atoms with Crippen molar-refractivity contribution in [2.24, 2.45) is 7.05 Å². The van der Waals surface area contributed by atoms with Gasteiger partial charge >= 0.3 is 0 Å². The molecule has 124 valence electrons. The molecule has 0 atom stereocenters. The zero-order valence-electron chi connectivity index (χ0n) is 12.8. The topological polar surface area (TPSA) is 89.4 Å². The molecule has 1 N–H and O–H groups in total. The smallest absolute Gasteiger partial charge is 0.279 e. The molecule has 0 spiro atoms. The van der Waals surface area contributed by atoms with Gasteiger partial charge in [0, 0.05) is 56.4 Å². The van der Waals surface area contributed by atoms with E-state index in [1.807, 2.05) is 19.3 Å². The average Bonchev–Trinajstić information content (AvgIpc) is 3.01. The van der Waals surface area contributed by atoms with E-state index in [-0.39, 0.29) is 6.54 Å². The molecule has 9 heteroatoms. The van der Waals surface area contributed by atoms with Crippen molar-refractivity contribution in [3.05, 3.63) is 36.4 Å². The lowest BCUT2D eigenvalue weighted by Crippen LogP contribution is -2.46.